The quantitative estimate of drug-likeness (QED) is 0.419. The van der Waals surface area contributed by atoms with Crippen molar-refractivity contribution in [2.75, 3.05) is 11.4 Å². The molecule has 4 rings (SSSR count). The summed E-state index contributed by atoms with van der Waals surface area (Å²) in [6.07, 6.45) is 0. The molecular weight excluding hydrogens is 422 g/mol. The molecule has 2 aromatic heterocycles. The minimum absolute atomic E-state index is 0.126. The van der Waals surface area contributed by atoms with E-state index in [1.54, 1.807) is 41.8 Å². The highest BCUT2D eigenvalue weighted by molar-refractivity contribution is 7.94. The van der Waals surface area contributed by atoms with Gasteiger partial charge in [-0.3, -0.25) is 4.31 Å². The molecule has 9 heteroatoms. The van der Waals surface area contributed by atoms with Crippen LogP contribution in [0.15, 0.2) is 74.7 Å². The summed E-state index contributed by atoms with van der Waals surface area (Å²) in [5, 5.41) is 9.87. The van der Waals surface area contributed by atoms with Crippen LogP contribution in [0.2, 0.25) is 0 Å². The Morgan fingerprint density at radius 3 is 2.50 bits per heavy atom. The molecule has 0 atom stereocenters. The van der Waals surface area contributed by atoms with Gasteiger partial charge in [0.1, 0.15) is 16.5 Å². The van der Waals surface area contributed by atoms with Gasteiger partial charge in [0, 0.05) is 5.56 Å². The van der Waals surface area contributed by atoms with Gasteiger partial charge >= 0.3 is 0 Å². The molecule has 0 bridgehead atoms. The fourth-order valence-electron chi connectivity index (χ4n) is 2.91. The van der Waals surface area contributed by atoms with E-state index in [0.717, 1.165) is 22.5 Å². The van der Waals surface area contributed by atoms with Crippen LogP contribution in [0.3, 0.4) is 0 Å². The lowest BCUT2D eigenvalue weighted by molar-refractivity contribution is 0.414. The Labute approximate surface area is 178 Å². The lowest BCUT2D eigenvalue weighted by atomic mass is 10.1. The van der Waals surface area contributed by atoms with Gasteiger partial charge in [-0.05, 0) is 42.6 Å². The summed E-state index contributed by atoms with van der Waals surface area (Å²) in [6, 6.07) is 17.8. The van der Waals surface area contributed by atoms with Gasteiger partial charge in [0.15, 0.2) is 0 Å². The smallest absolute Gasteiger partial charge is 0.274 e. The molecule has 0 radical (unpaired) electrons. The first-order valence-corrected chi connectivity index (χ1v) is 11.4. The summed E-state index contributed by atoms with van der Waals surface area (Å²) in [5.74, 6) is 0.936. The van der Waals surface area contributed by atoms with Gasteiger partial charge in [-0.25, -0.2) is 8.42 Å². The number of aromatic nitrogens is 2. The normalized spacial score (nSPS) is 11.4. The van der Waals surface area contributed by atoms with Gasteiger partial charge in [0.05, 0.1) is 12.8 Å². The van der Waals surface area contributed by atoms with Gasteiger partial charge in [-0.15, -0.1) is 21.5 Å². The number of ether oxygens (including phenoxy) is 1. The maximum Gasteiger partial charge on any atom is 0.274 e. The summed E-state index contributed by atoms with van der Waals surface area (Å²) in [5.41, 5.74) is 2.27. The van der Waals surface area contributed by atoms with Crippen LogP contribution in [0, 0.1) is 6.92 Å². The Morgan fingerprint density at radius 2 is 1.80 bits per heavy atom. The van der Waals surface area contributed by atoms with Crippen LogP contribution in [0.5, 0.6) is 5.75 Å². The first kappa shape index (κ1) is 20.1. The molecule has 0 saturated carbocycles. The van der Waals surface area contributed by atoms with E-state index in [9.17, 15) is 8.42 Å². The Kier molecular flexibility index (Phi) is 5.56. The van der Waals surface area contributed by atoms with E-state index in [0.29, 0.717) is 17.3 Å². The molecule has 0 N–H and O–H groups in total. The molecule has 7 nitrogen and oxygen atoms in total. The van der Waals surface area contributed by atoms with Crippen molar-refractivity contribution in [3.05, 3.63) is 77.5 Å². The Morgan fingerprint density at radius 1 is 1.03 bits per heavy atom. The molecule has 154 valence electrons. The van der Waals surface area contributed by atoms with Crippen molar-refractivity contribution in [3.63, 3.8) is 0 Å². The molecule has 2 aromatic carbocycles. The van der Waals surface area contributed by atoms with Crippen molar-refractivity contribution in [2.24, 2.45) is 0 Å². The van der Waals surface area contributed by atoms with Crippen molar-refractivity contribution in [1.82, 2.24) is 10.2 Å². The molecule has 0 fully saturated rings. The fourth-order valence-corrected chi connectivity index (χ4v) is 5.44. The van der Waals surface area contributed by atoms with Crippen LogP contribution in [0.1, 0.15) is 11.5 Å². The summed E-state index contributed by atoms with van der Waals surface area (Å²) < 4.78 is 39.4. The molecule has 0 unspecified atom stereocenters. The molecule has 4 aromatic rings. The summed E-state index contributed by atoms with van der Waals surface area (Å²) >= 11 is 1.14. The summed E-state index contributed by atoms with van der Waals surface area (Å²) in [4.78, 5) is 0. The average Bonchev–Trinajstić information content (AvgIpc) is 3.45. The molecule has 0 amide bonds. The average molecular weight is 442 g/mol. The Bertz CT molecular complexity index is 1230. The Hall–Kier alpha value is -3.17. The van der Waals surface area contributed by atoms with E-state index >= 15 is 0 Å². The third kappa shape index (κ3) is 3.94. The molecule has 0 aliphatic heterocycles. The third-order valence-electron chi connectivity index (χ3n) is 4.44. The summed E-state index contributed by atoms with van der Waals surface area (Å²) in [7, 11) is -2.36. The van der Waals surface area contributed by atoms with Gasteiger partial charge in [-0.1, -0.05) is 35.9 Å². The highest BCUT2D eigenvalue weighted by Gasteiger charge is 2.30. The monoisotopic (exact) mass is 441 g/mol. The molecule has 0 aliphatic rings. The van der Waals surface area contributed by atoms with Gasteiger partial charge in [0.25, 0.3) is 10.0 Å². The van der Waals surface area contributed by atoms with E-state index < -0.39 is 10.0 Å². The number of nitrogens with zero attached hydrogens (tertiary/aromatic N) is 3. The van der Waals surface area contributed by atoms with Crippen molar-refractivity contribution < 1.29 is 17.6 Å². The van der Waals surface area contributed by atoms with E-state index in [2.05, 4.69) is 10.2 Å². The second kappa shape index (κ2) is 8.29. The zero-order valence-corrected chi connectivity index (χ0v) is 18.0. The second-order valence-corrected chi connectivity index (χ2v) is 9.52. The highest BCUT2D eigenvalue weighted by atomic mass is 32.2. The van der Waals surface area contributed by atoms with E-state index in [1.165, 1.54) is 11.4 Å². The predicted octanol–water partition coefficient (Wildman–Crippen LogP) is 4.51. The van der Waals surface area contributed by atoms with Crippen LogP contribution >= 0.6 is 11.3 Å². The van der Waals surface area contributed by atoms with Crippen LogP contribution < -0.4 is 9.04 Å². The van der Waals surface area contributed by atoms with Gasteiger partial charge in [0.2, 0.25) is 11.8 Å². The maximum atomic E-state index is 13.4. The van der Waals surface area contributed by atoms with Crippen LogP contribution in [-0.4, -0.2) is 25.7 Å². The van der Waals surface area contributed by atoms with E-state index in [-0.39, 0.29) is 16.6 Å². The lowest BCUT2D eigenvalue weighted by Gasteiger charge is -2.23. The number of anilines is 1. The SMILES string of the molecule is COc1ccccc1N(Cc1nnc(-c2ccc(C)cc2)o1)S(=O)(=O)c1cccs1. The van der Waals surface area contributed by atoms with Crippen molar-refractivity contribution in [3.8, 4) is 17.2 Å². The third-order valence-corrected chi connectivity index (χ3v) is 7.57. The van der Waals surface area contributed by atoms with Crippen LogP contribution in [-0.2, 0) is 16.6 Å². The molecular formula is C21H19N3O4S2. The topological polar surface area (TPSA) is 85.5 Å². The number of hydrogen-bond donors (Lipinski definition) is 0. The number of thiophene rings is 1. The van der Waals surface area contributed by atoms with E-state index in [4.69, 9.17) is 9.15 Å². The number of hydrogen-bond acceptors (Lipinski definition) is 7. The van der Waals surface area contributed by atoms with Crippen molar-refractivity contribution in [2.45, 2.75) is 17.7 Å². The van der Waals surface area contributed by atoms with E-state index in [1.807, 2.05) is 31.2 Å². The first-order valence-electron chi connectivity index (χ1n) is 9.08. The molecule has 2 heterocycles. The second-order valence-electron chi connectivity index (χ2n) is 6.48. The minimum atomic E-state index is -3.86. The number of aryl methyl sites for hydroxylation is 1. The molecule has 0 saturated heterocycles. The van der Waals surface area contributed by atoms with Crippen molar-refractivity contribution >= 4 is 27.0 Å². The zero-order chi connectivity index (χ0) is 21.1. The fraction of sp³-hybridized carbons (Fsp3) is 0.143. The van der Waals surface area contributed by atoms with Crippen LogP contribution in [0.4, 0.5) is 5.69 Å². The predicted molar refractivity (Wildman–Crippen MR) is 115 cm³/mol. The standard InChI is InChI=1S/C21H19N3O4S2/c1-15-9-11-16(12-10-15)21-23-22-19(28-21)14-24(17-6-3-4-7-18(17)27-2)30(25,26)20-8-5-13-29-20/h3-13H,14H2,1-2H3. The minimum Gasteiger partial charge on any atom is -0.495 e. The zero-order valence-electron chi connectivity index (χ0n) is 16.3. The first-order chi connectivity index (χ1) is 14.5. The molecule has 30 heavy (non-hydrogen) atoms. The number of para-hydroxylation sites is 2. The maximum absolute atomic E-state index is 13.4. The summed E-state index contributed by atoms with van der Waals surface area (Å²) in [6.45, 7) is 1.86. The Balaban J connectivity index is 1.73. The highest BCUT2D eigenvalue weighted by Crippen LogP contribution is 2.34. The van der Waals surface area contributed by atoms with Gasteiger partial charge in [-0.2, -0.15) is 0 Å². The van der Waals surface area contributed by atoms with Gasteiger partial charge < -0.3 is 9.15 Å². The number of benzene rings is 2. The molecule has 0 aliphatic carbocycles. The molecule has 0 spiro atoms. The number of sulfonamides is 1. The largest absolute Gasteiger partial charge is 0.495 e. The van der Waals surface area contributed by atoms with Crippen LogP contribution in [0.25, 0.3) is 11.5 Å². The lowest BCUT2D eigenvalue weighted by Crippen LogP contribution is -2.30. The number of methoxy groups -OCH3 is 1. The number of rotatable bonds is 7. The van der Waals surface area contributed by atoms with Crippen molar-refractivity contribution in [1.29, 1.82) is 0 Å².